The van der Waals surface area contributed by atoms with Crippen LogP contribution in [0.1, 0.15) is 58.1 Å². The predicted octanol–water partition coefficient (Wildman–Crippen LogP) is 3.63. The van der Waals surface area contributed by atoms with E-state index < -0.39 is 0 Å². The van der Waals surface area contributed by atoms with Crippen LogP contribution in [0.2, 0.25) is 0 Å². The fourth-order valence-electron chi connectivity index (χ4n) is 2.60. The van der Waals surface area contributed by atoms with Crippen molar-refractivity contribution < 1.29 is 4.79 Å². The van der Waals surface area contributed by atoms with Crippen molar-refractivity contribution in [3.8, 4) is 0 Å². The zero-order valence-electron chi connectivity index (χ0n) is 11.9. The molecule has 1 aromatic rings. The number of nitrogens with zero attached hydrogens (tertiary/aromatic N) is 2. The first-order valence-corrected chi connectivity index (χ1v) is 8.00. The molecule has 1 aromatic heterocycles. The maximum Gasteiger partial charge on any atom is 0.236 e. The van der Waals surface area contributed by atoms with Crippen LogP contribution in [-0.4, -0.2) is 21.0 Å². The SMILES string of the molecule is CC(C)(C)n1nc(C2CCCC2)cc1NC(=O)CBr. The minimum Gasteiger partial charge on any atom is -0.310 e. The van der Waals surface area contributed by atoms with Crippen LogP contribution >= 0.6 is 15.9 Å². The number of nitrogens with one attached hydrogen (secondary N) is 1. The Morgan fingerprint density at radius 2 is 2.11 bits per heavy atom. The van der Waals surface area contributed by atoms with Gasteiger partial charge in [0.2, 0.25) is 5.91 Å². The molecule has 2 rings (SSSR count). The van der Waals surface area contributed by atoms with Crippen LogP contribution in [0.3, 0.4) is 0 Å². The lowest BCUT2D eigenvalue weighted by molar-refractivity contribution is -0.113. The van der Waals surface area contributed by atoms with Gasteiger partial charge in [-0.15, -0.1) is 0 Å². The van der Waals surface area contributed by atoms with E-state index in [9.17, 15) is 4.79 Å². The third kappa shape index (κ3) is 3.38. The number of amides is 1. The summed E-state index contributed by atoms with van der Waals surface area (Å²) in [5.74, 6) is 1.32. The van der Waals surface area contributed by atoms with E-state index in [1.54, 1.807) is 0 Å². The van der Waals surface area contributed by atoms with Crippen LogP contribution in [0.5, 0.6) is 0 Å². The maximum atomic E-state index is 11.6. The molecule has 0 spiro atoms. The third-order valence-corrected chi connectivity index (χ3v) is 4.04. The second-order valence-corrected chi connectivity index (χ2v) is 6.76. The fourth-order valence-corrected chi connectivity index (χ4v) is 2.74. The average Bonchev–Trinajstić information content (AvgIpc) is 2.94. The Kier molecular flexibility index (Phi) is 4.33. The summed E-state index contributed by atoms with van der Waals surface area (Å²) in [5, 5.41) is 7.97. The highest BCUT2D eigenvalue weighted by Crippen LogP contribution is 2.35. The average molecular weight is 328 g/mol. The monoisotopic (exact) mass is 327 g/mol. The molecule has 106 valence electrons. The largest absolute Gasteiger partial charge is 0.310 e. The van der Waals surface area contributed by atoms with Gasteiger partial charge < -0.3 is 5.32 Å². The van der Waals surface area contributed by atoms with Crippen molar-refractivity contribution in [3.63, 3.8) is 0 Å². The molecule has 1 amide bonds. The van der Waals surface area contributed by atoms with E-state index in [2.05, 4.69) is 42.0 Å². The van der Waals surface area contributed by atoms with Crippen molar-refractivity contribution in [2.24, 2.45) is 0 Å². The molecule has 4 nitrogen and oxygen atoms in total. The van der Waals surface area contributed by atoms with Crippen molar-refractivity contribution in [2.75, 3.05) is 10.6 Å². The predicted molar refractivity (Wildman–Crippen MR) is 80.9 cm³/mol. The number of aromatic nitrogens is 2. The number of carbonyl (C=O) groups is 1. The molecule has 0 atom stereocenters. The van der Waals surface area contributed by atoms with Crippen molar-refractivity contribution >= 4 is 27.7 Å². The van der Waals surface area contributed by atoms with E-state index in [0.29, 0.717) is 11.2 Å². The van der Waals surface area contributed by atoms with E-state index in [1.165, 1.54) is 25.7 Å². The van der Waals surface area contributed by atoms with E-state index in [0.717, 1.165) is 11.5 Å². The highest BCUT2D eigenvalue weighted by Gasteiger charge is 2.25. The zero-order chi connectivity index (χ0) is 14.0. The molecular formula is C14H22BrN3O. The molecule has 0 radical (unpaired) electrons. The molecule has 1 N–H and O–H groups in total. The summed E-state index contributed by atoms with van der Waals surface area (Å²) < 4.78 is 1.93. The lowest BCUT2D eigenvalue weighted by Gasteiger charge is -2.22. The van der Waals surface area contributed by atoms with Crippen molar-refractivity contribution in [3.05, 3.63) is 11.8 Å². The number of hydrogen-bond acceptors (Lipinski definition) is 2. The topological polar surface area (TPSA) is 46.9 Å². The van der Waals surface area contributed by atoms with Gasteiger partial charge in [0.25, 0.3) is 0 Å². The van der Waals surface area contributed by atoms with Crippen LogP contribution < -0.4 is 5.32 Å². The quantitative estimate of drug-likeness (QED) is 0.861. The first-order valence-electron chi connectivity index (χ1n) is 6.88. The molecule has 1 heterocycles. The first kappa shape index (κ1) is 14.6. The summed E-state index contributed by atoms with van der Waals surface area (Å²) >= 11 is 3.18. The van der Waals surface area contributed by atoms with Crippen molar-refractivity contribution in [1.29, 1.82) is 0 Å². The minimum atomic E-state index is -0.133. The van der Waals surface area contributed by atoms with Gasteiger partial charge in [0.15, 0.2) is 0 Å². The smallest absolute Gasteiger partial charge is 0.236 e. The molecule has 5 heteroatoms. The second-order valence-electron chi connectivity index (χ2n) is 6.20. The van der Waals surface area contributed by atoms with Crippen LogP contribution in [0.25, 0.3) is 0 Å². The number of halogens is 1. The van der Waals surface area contributed by atoms with Gasteiger partial charge in [0, 0.05) is 12.0 Å². The highest BCUT2D eigenvalue weighted by atomic mass is 79.9. The van der Waals surface area contributed by atoms with Crippen molar-refractivity contribution in [1.82, 2.24) is 9.78 Å². The molecule has 1 aliphatic carbocycles. The van der Waals surface area contributed by atoms with Crippen LogP contribution in [0.15, 0.2) is 6.07 Å². The number of carbonyl (C=O) groups excluding carboxylic acids is 1. The van der Waals surface area contributed by atoms with E-state index in [-0.39, 0.29) is 11.4 Å². The molecule has 0 aliphatic heterocycles. The Balaban J connectivity index is 2.30. The zero-order valence-corrected chi connectivity index (χ0v) is 13.5. The molecule has 1 aliphatic rings. The van der Waals surface area contributed by atoms with Gasteiger partial charge >= 0.3 is 0 Å². The highest BCUT2D eigenvalue weighted by molar-refractivity contribution is 9.09. The van der Waals surface area contributed by atoms with Gasteiger partial charge in [-0.05, 0) is 33.6 Å². The summed E-state index contributed by atoms with van der Waals surface area (Å²) in [6.45, 7) is 6.30. The van der Waals surface area contributed by atoms with Gasteiger partial charge in [-0.2, -0.15) is 5.10 Å². The summed E-state index contributed by atoms with van der Waals surface area (Å²) in [6.07, 6.45) is 5.01. The van der Waals surface area contributed by atoms with Crippen LogP contribution in [0, 0.1) is 0 Å². The lowest BCUT2D eigenvalue weighted by Crippen LogP contribution is -2.27. The van der Waals surface area contributed by atoms with Gasteiger partial charge in [0.1, 0.15) is 5.82 Å². The van der Waals surface area contributed by atoms with E-state index in [4.69, 9.17) is 5.10 Å². The molecule has 1 saturated carbocycles. The molecule has 0 saturated heterocycles. The van der Waals surface area contributed by atoms with Gasteiger partial charge in [-0.3, -0.25) is 4.79 Å². The molecule has 0 unspecified atom stereocenters. The van der Waals surface area contributed by atoms with Crippen LogP contribution in [-0.2, 0) is 10.3 Å². The Hall–Kier alpha value is -0.840. The number of alkyl halides is 1. The maximum absolute atomic E-state index is 11.6. The number of anilines is 1. The molecule has 1 fully saturated rings. The standard InChI is InChI=1S/C14H22BrN3O/c1-14(2,3)18-12(16-13(19)9-15)8-11(17-18)10-6-4-5-7-10/h8,10H,4-7,9H2,1-3H3,(H,16,19). The molecule has 0 aromatic carbocycles. The van der Waals surface area contributed by atoms with Crippen molar-refractivity contribution in [2.45, 2.75) is 57.9 Å². The minimum absolute atomic E-state index is 0.0385. The summed E-state index contributed by atoms with van der Waals surface area (Å²) in [7, 11) is 0. The Morgan fingerprint density at radius 1 is 1.47 bits per heavy atom. The lowest BCUT2D eigenvalue weighted by atomic mass is 10.0. The molecule has 0 bridgehead atoms. The first-order chi connectivity index (χ1) is 8.91. The normalized spacial score (nSPS) is 16.8. The van der Waals surface area contributed by atoms with Crippen LogP contribution in [0.4, 0.5) is 5.82 Å². The van der Waals surface area contributed by atoms with Gasteiger partial charge in [-0.1, -0.05) is 28.8 Å². The fraction of sp³-hybridized carbons (Fsp3) is 0.714. The second kappa shape index (κ2) is 5.65. The number of hydrogen-bond donors (Lipinski definition) is 1. The Bertz CT molecular complexity index is 456. The van der Waals surface area contributed by atoms with Gasteiger partial charge in [0.05, 0.1) is 16.6 Å². The third-order valence-electron chi connectivity index (χ3n) is 3.53. The molecular weight excluding hydrogens is 306 g/mol. The number of rotatable bonds is 3. The molecule has 19 heavy (non-hydrogen) atoms. The van der Waals surface area contributed by atoms with Gasteiger partial charge in [-0.25, -0.2) is 4.68 Å². The Morgan fingerprint density at radius 3 is 2.63 bits per heavy atom. The van der Waals surface area contributed by atoms with E-state index >= 15 is 0 Å². The summed E-state index contributed by atoms with van der Waals surface area (Å²) in [5.41, 5.74) is 0.989. The summed E-state index contributed by atoms with van der Waals surface area (Å²) in [4.78, 5) is 11.6. The summed E-state index contributed by atoms with van der Waals surface area (Å²) in [6, 6.07) is 2.04. The van der Waals surface area contributed by atoms with E-state index in [1.807, 2.05) is 10.7 Å². The Labute approximate surface area is 123 Å².